The van der Waals surface area contributed by atoms with Crippen molar-refractivity contribution < 1.29 is 44.6 Å². The van der Waals surface area contributed by atoms with Crippen LogP contribution in [0.1, 0.15) is 0 Å². The molecule has 2 aromatic rings. The summed E-state index contributed by atoms with van der Waals surface area (Å²) in [7, 11) is -6.00. The molecule has 0 aromatic heterocycles. The summed E-state index contributed by atoms with van der Waals surface area (Å²) in [6, 6.07) is 17.8. The van der Waals surface area contributed by atoms with E-state index in [0.29, 0.717) is 0 Å². The lowest BCUT2D eigenvalue weighted by atomic mass is 10.3. The van der Waals surface area contributed by atoms with E-state index < -0.39 is 7.25 Å². The van der Waals surface area contributed by atoms with Crippen molar-refractivity contribution in [2.75, 3.05) is 0 Å². The van der Waals surface area contributed by atoms with Crippen LogP contribution < -0.4 is 27.3 Å². The second-order valence-electron chi connectivity index (χ2n) is 3.38. The second kappa shape index (κ2) is 7.37. The molecule has 0 unspecified atom stereocenters. The lowest BCUT2D eigenvalue weighted by Crippen LogP contribution is -3.34. The van der Waals surface area contributed by atoms with Gasteiger partial charge in [0.1, 0.15) is 11.5 Å². The van der Waals surface area contributed by atoms with Gasteiger partial charge in [-0.05, 0) is 36.4 Å². The van der Waals surface area contributed by atoms with Gasteiger partial charge in [-0.15, -0.1) is 0 Å². The monoisotopic (exact) mass is 384 g/mol. The molecule has 2 aromatic carbocycles. The molecule has 0 atom stereocenters. The number of hydrogen-bond donors (Lipinski definition) is 0. The minimum atomic E-state index is -6.00. The minimum Gasteiger partial charge on any atom is -0.457 e. The maximum Gasteiger partial charge on any atom is 0.673 e. The first-order valence-corrected chi connectivity index (χ1v) is 6.38. The summed E-state index contributed by atoms with van der Waals surface area (Å²) >= 11 is 1.99. The molecule has 0 aliphatic heterocycles. The Kier molecular flexibility index (Phi) is 6.13. The number of benzene rings is 2. The molecule has 1 nitrogen and oxygen atoms in total. The Hall–Kier alpha value is -1.25. The SMILES string of the molecule is F[B-](F)(F)F.[IH+]c1ccc(Oc2ccccc2)cc1. The van der Waals surface area contributed by atoms with Gasteiger partial charge in [-0.3, -0.25) is 0 Å². The molecule has 0 bridgehead atoms. The Bertz CT molecular complexity index is 481. The molecule has 0 amide bonds. The van der Waals surface area contributed by atoms with Crippen LogP contribution in [0.25, 0.3) is 0 Å². The maximum atomic E-state index is 9.75. The Morgan fingerprint density at radius 3 is 1.63 bits per heavy atom. The highest BCUT2D eigenvalue weighted by Crippen LogP contribution is 2.19. The molecule has 2 rings (SSSR count). The average Bonchev–Trinajstić information content (AvgIpc) is 2.31. The van der Waals surface area contributed by atoms with Crippen LogP contribution in [0.3, 0.4) is 0 Å². The van der Waals surface area contributed by atoms with E-state index >= 15 is 0 Å². The largest absolute Gasteiger partial charge is 0.673 e. The van der Waals surface area contributed by atoms with Gasteiger partial charge in [0.15, 0.2) is 3.57 Å². The van der Waals surface area contributed by atoms with E-state index in [0.717, 1.165) is 11.5 Å². The van der Waals surface area contributed by atoms with Crippen LogP contribution in [-0.2, 0) is 0 Å². The first-order valence-electron chi connectivity index (χ1n) is 5.22. The number of halogens is 5. The van der Waals surface area contributed by atoms with Crippen molar-refractivity contribution >= 4 is 7.25 Å². The van der Waals surface area contributed by atoms with Gasteiger partial charge < -0.3 is 22.0 Å². The highest BCUT2D eigenvalue weighted by molar-refractivity contribution is 6.50. The number of rotatable bonds is 2. The topological polar surface area (TPSA) is 9.23 Å². The predicted molar refractivity (Wildman–Crippen MR) is 63.2 cm³/mol. The van der Waals surface area contributed by atoms with Gasteiger partial charge >= 0.3 is 7.25 Å². The van der Waals surface area contributed by atoms with Gasteiger partial charge in [-0.1, -0.05) is 18.2 Å². The number of ether oxygens (including phenoxy) is 1. The Balaban J connectivity index is 0.000000312. The fraction of sp³-hybridized carbons (Fsp3) is 0. The molecule has 0 heterocycles. The Labute approximate surface area is 121 Å². The molecule has 0 aliphatic carbocycles. The molecule has 0 saturated carbocycles. The van der Waals surface area contributed by atoms with E-state index in [1.165, 1.54) is 3.57 Å². The standard InChI is InChI=1S/C12H10IO.BF4/c13-10-6-8-12(9-7-10)14-11-4-2-1-3-5-11;2-1(3,4)5/h1-9,13H;/q+1;-1. The minimum absolute atomic E-state index is 0.872. The van der Waals surface area contributed by atoms with Crippen molar-refractivity contribution in [2.45, 2.75) is 0 Å². The van der Waals surface area contributed by atoms with Gasteiger partial charge in [0.05, 0.1) is 0 Å². The van der Waals surface area contributed by atoms with Gasteiger partial charge in [0.2, 0.25) is 0 Å². The smallest absolute Gasteiger partial charge is 0.457 e. The Morgan fingerprint density at radius 1 is 0.737 bits per heavy atom. The first kappa shape index (κ1) is 15.8. The third-order valence-corrected chi connectivity index (χ3v) is 2.58. The number of para-hydroxylation sites is 1. The molecule has 0 aliphatic rings. The summed E-state index contributed by atoms with van der Waals surface area (Å²) in [5.41, 5.74) is 0. The van der Waals surface area contributed by atoms with Crippen LogP contribution in [-0.4, -0.2) is 7.25 Å². The molecule has 0 spiro atoms. The predicted octanol–water partition coefficient (Wildman–Crippen LogP) is 1.23. The van der Waals surface area contributed by atoms with Crippen molar-refractivity contribution in [3.63, 3.8) is 0 Å². The normalized spacial score (nSPS) is 10.4. The van der Waals surface area contributed by atoms with Crippen molar-refractivity contribution in [3.8, 4) is 11.5 Å². The summed E-state index contributed by atoms with van der Waals surface area (Å²) in [4.78, 5) is 0. The summed E-state index contributed by atoms with van der Waals surface area (Å²) in [6.45, 7) is 0. The van der Waals surface area contributed by atoms with Crippen LogP contribution >= 0.6 is 0 Å². The fourth-order valence-electron chi connectivity index (χ4n) is 1.13. The molecule has 0 N–H and O–H groups in total. The maximum absolute atomic E-state index is 9.75. The van der Waals surface area contributed by atoms with E-state index in [1.807, 2.05) is 77.2 Å². The van der Waals surface area contributed by atoms with Gasteiger partial charge in [-0.2, -0.15) is 0 Å². The summed E-state index contributed by atoms with van der Waals surface area (Å²) in [6.07, 6.45) is 0. The van der Waals surface area contributed by atoms with Crippen molar-refractivity contribution in [2.24, 2.45) is 0 Å². The average molecular weight is 384 g/mol. The third-order valence-electron chi connectivity index (χ3n) is 1.80. The van der Waals surface area contributed by atoms with Crippen molar-refractivity contribution in [3.05, 3.63) is 58.2 Å². The molecular weight excluding hydrogens is 374 g/mol. The summed E-state index contributed by atoms with van der Waals surface area (Å²) < 4.78 is 45.9. The van der Waals surface area contributed by atoms with Crippen molar-refractivity contribution in [1.29, 1.82) is 0 Å². The molecule has 7 heteroatoms. The lowest BCUT2D eigenvalue weighted by Gasteiger charge is -2.03. The van der Waals surface area contributed by atoms with Crippen molar-refractivity contribution in [1.82, 2.24) is 0 Å². The zero-order chi connectivity index (χ0) is 14.3. The number of hydrogen-bond acceptors (Lipinski definition) is 1. The van der Waals surface area contributed by atoms with Crippen LogP contribution in [0.5, 0.6) is 11.5 Å². The molecule has 0 fully saturated rings. The fourth-order valence-corrected chi connectivity index (χ4v) is 1.52. The highest BCUT2D eigenvalue weighted by Gasteiger charge is 2.20. The second-order valence-corrected chi connectivity index (χ2v) is 4.73. The molecular formula is C12H10BF4IO. The summed E-state index contributed by atoms with van der Waals surface area (Å²) in [5.74, 6) is 1.75. The molecule has 0 radical (unpaired) electrons. The van der Waals surface area contributed by atoms with Crippen LogP contribution in [0.4, 0.5) is 17.3 Å². The first-order chi connectivity index (χ1) is 8.84. The van der Waals surface area contributed by atoms with E-state index in [9.17, 15) is 17.3 Å². The Morgan fingerprint density at radius 2 is 1.16 bits per heavy atom. The zero-order valence-corrected chi connectivity index (χ0v) is 11.9. The summed E-state index contributed by atoms with van der Waals surface area (Å²) in [5, 5.41) is 0. The van der Waals surface area contributed by atoms with E-state index in [1.54, 1.807) is 0 Å². The van der Waals surface area contributed by atoms with Gasteiger partial charge in [-0.25, -0.2) is 0 Å². The molecule has 19 heavy (non-hydrogen) atoms. The highest BCUT2D eigenvalue weighted by atomic mass is 127. The lowest BCUT2D eigenvalue weighted by molar-refractivity contribution is -0.328. The van der Waals surface area contributed by atoms with Crippen LogP contribution in [0.15, 0.2) is 54.6 Å². The van der Waals surface area contributed by atoms with E-state index in [2.05, 4.69) is 0 Å². The molecule has 0 saturated heterocycles. The zero-order valence-electron chi connectivity index (χ0n) is 9.60. The van der Waals surface area contributed by atoms with Crippen LogP contribution in [0.2, 0.25) is 0 Å². The third kappa shape index (κ3) is 8.47. The quantitative estimate of drug-likeness (QED) is 0.430. The van der Waals surface area contributed by atoms with Crippen LogP contribution in [0, 0.1) is 3.57 Å². The van der Waals surface area contributed by atoms with E-state index in [4.69, 9.17) is 4.74 Å². The van der Waals surface area contributed by atoms with E-state index in [-0.39, 0.29) is 0 Å². The van der Waals surface area contributed by atoms with Gasteiger partial charge in [0, 0.05) is 0 Å². The van der Waals surface area contributed by atoms with Gasteiger partial charge in [0.25, 0.3) is 22.6 Å². The molecule has 102 valence electrons.